The summed E-state index contributed by atoms with van der Waals surface area (Å²) in [4.78, 5) is 11.5. The van der Waals surface area contributed by atoms with Crippen molar-refractivity contribution in [3.63, 3.8) is 0 Å². The predicted molar refractivity (Wildman–Crippen MR) is 72.5 cm³/mol. The molecule has 1 fully saturated rings. The molecule has 1 rings (SSSR count). The molecule has 1 N–H and O–H groups in total. The molecule has 3 unspecified atom stereocenters. The third-order valence-electron chi connectivity index (χ3n) is 4.25. The quantitative estimate of drug-likeness (QED) is 0.840. The number of ether oxygens (including phenoxy) is 1. The van der Waals surface area contributed by atoms with E-state index in [-0.39, 0.29) is 23.4 Å². The number of aliphatic hydroxyl groups is 1. The second kappa shape index (κ2) is 5.70. The topological polar surface area (TPSA) is 46.5 Å². The lowest BCUT2D eigenvalue weighted by Gasteiger charge is -2.45. The summed E-state index contributed by atoms with van der Waals surface area (Å²) in [5.41, 5.74) is -0.641. The van der Waals surface area contributed by atoms with Crippen LogP contribution in [0.3, 0.4) is 0 Å². The number of ketones is 1. The molecule has 3 heteroatoms. The van der Waals surface area contributed by atoms with Gasteiger partial charge in [-0.3, -0.25) is 4.79 Å². The molecule has 0 aromatic heterocycles. The molecular weight excluding hydrogens is 228 g/mol. The number of Topliss-reactive ketones (excluding diaryl/α,β-unsaturated/α-hetero) is 1. The van der Waals surface area contributed by atoms with Crippen LogP contribution in [0.25, 0.3) is 0 Å². The van der Waals surface area contributed by atoms with Crippen LogP contribution in [0.1, 0.15) is 66.7 Å². The molecule has 3 nitrogen and oxygen atoms in total. The van der Waals surface area contributed by atoms with Gasteiger partial charge in [-0.05, 0) is 32.1 Å². The molecule has 0 radical (unpaired) electrons. The summed E-state index contributed by atoms with van der Waals surface area (Å²) in [5.74, 6) is 0.137. The van der Waals surface area contributed by atoms with Crippen molar-refractivity contribution in [2.24, 2.45) is 5.41 Å². The number of aliphatic hydroxyl groups excluding tert-OH is 1. The Morgan fingerprint density at radius 3 is 2.22 bits per heavy atom. The Morgan fingerprint density at radius 1 is 1.22 bits per heavy atom. The van der Waals surface area contributed by atoms with Gasteiger partial charge in [0.25, 0.3) is 0 Å². The predicted octanol–water partition coefficient (Wildman–Crippen LogP) is 3.09. The molecule has 0 amide bonds. The Hall–Kier alpha value is -0.410. The molecular formula is C15H28O3. The number of rotatable bonds is 4. The van der Waals surface area contributed by atoms with Crippen molar-refractivity contribution in [1.29, 1.82) is 0 Å². The summed E-state index contributed by atoms with van der Waals surface area (Å²) in [6.45, 7) is 9.86. The van der Waals surface area contributed by atoms with E-state index < -0.39 is 5.60 Å². The van der Waals surface area contributed by atoms with Crippen LogP contribution >= 0.6 is 0 Å². The highest BCUT2D eigenvalue weighted by Gasteiger charge is 2.42. The second-order valence-corrected chi connectivity index (χ2v) is 6.87. The zero-order valence-corrected chi connectivity index (χ0v) is 12.5. The molecule has 1 aliphatic carbocycles. The van der Waals surface area contributed by atoms with Gasteiger partial charge in [0.15, 0.2) is 0 Å². The molecule has 0 bridgehead atoms. The van der Waals surface area contributed by atoms with Crippen LogP contribution in [0.15, 0.2) is 0 Å². The van der Waals surface area contributed by atoms with Crippen molar-refractivity contribution >= 4 is 5.78 Å². The van der Waals surface area contributed by atoms with Gasteiger partial charge in [-0.1, -0.05) is 33.6 Å². The van der Waals surface area contributed by atoms with Crippen LogP contribution < -0.4 is 0 Å². The maximum Gasteiger partial charge on any atom is 0.132 e. The van der Waals surface area contributed by atoms with Crippen molar-refractivity contribution in [2.45, 2.75) is 84.5 Å². The number of hydrogen-bond donors (Lipinski definition) is 1. The van der Waals surface area contributed by atoms with E-state index in [0.29, 0.717) is 6.42 Å². The summed E-state index contributed by atoms with van der Waals surface area (Å²) >= 11 is 0. The van der Waals surface area contributed by atoms with Gasteiger partial charge in [0.05, 0.1) is 17.8 Å². The Labute approximate surface area is 111 Å². The van der Waals surface area contributed by atoms with E-state index >= 15 is 0 Å². The summed E-state index contributed by atoms with van der Waals surface area (Å²) < 4.78 is 6.20. The monoisotopic (exact) mass is 256 g/mol. The van der Waals surface area contributed by atoms with Crippen molar-refractivity contribution in [2.75, 3.05) is 0 Å². The first-order chi connectivity index (χ1) is 8.16. The van der Waals surface area contributed by atoms with Gasteiger partial charge in [-0.15, -0.1) is 0 Å². The fourth-order valence-electron chi connectivity index (χ4n) is 2.51. The molecule has 0 saturated heterocycles. The van der Waals surface area contributed by atoms with Gasteiger partial charge in [-0.25, -0.2) is 0 Å². The van der Waals surface area contributed by atoms with E-state index in [1.54, 1.807) is 6.92 Å². The molecule has 0 heterocycles. The first-order valence-corrected chi connectivity index (χ1v) is 7.01. The molecule has 0 aromatic carbocycles. The normalized spacial score (nSPS) is 28.8. The Morgan fingerprint density at radius 2 is 1.78 bits per heavy atom. The molecule has 0 spiro atoms. The highest BCUT2D eigenvalue weighted by atomic mass is 16.5. The minimum atomic E-state index is -0.512. The minimum absolute atomic E-state index is 0.123. The van der Waals surface area contributed by atoms with Crippen LogP contribution in [0.4, 0.5) is 0 Å². The van der Waals surface area contributed by atoms with E-state index in [1.165, 1.54) is 0 Å². The standard InChI is InChI=1S/C15H28O3/c1-11(16)10-15(5,14(2,3)4)18-13-9-7-6-8-12(13)17/h12-13,17H,6-10H2,1-5H3. The van der Waals surface area contributed by atoms with Gasteiger partial charge in [0.1, 0.15) is 5.78 Å². The largest absolute Gasteiger partial charge is 0.390 e. The average Bonchev–Trinajstić information content (AvgIpc) is 2.18. The van der Waals surface area contributed by atoms with E-state index in [1.807, 2.05) is 6.92 Å². The van der Waals surface area contributed by atoms with E-state index in [0.717, 1.165) is 25.7 Å². The van der Waals surface area contributed by atoms with Crippen LogP contribution in [0.2, 0.25) is 0 Å². The highest BCUT2D eigenvalue weighted by molar-refractivity contribution is 5.76. The van der Waals surface area contributed by atoms with Crippen molar-refractivity contribution < 1.29 is 14.6 Å². The summed E-state index contributed by atoms with van der Waals surface area (Å²) in [6.07, 6.45) is 3.77. The van der Waals surface area contributed by atoms with Gasteiger partial charge >= 0.3 is 0 Å². The maximum atomic E-state index is 11.5. The first kappa shape index (κ1) is 15.6. The Kier molecular flexibility index (Phi) is 4.96. The second-order valence-electron chi connectivity index (χ2n) is 6.87. The smallest absolute Gasteiger partial charge is 0.132 e. The molecule has 0 aliphatic heterocycles. The Balaban J connectivity index is 2.81. The fourth-order valence-corrected chi connectivity index (χ4v) is 2.51. The molecule has 1 saturated carbocycles. The first-order valence-electron chi connectivity index (χ1n) is 7.01. The van der Waals surface area contributed by atoms with Crippen molar-refractivity contribution in [1.82, 2.24) is 0 Å². The lowest BCUT2D eigenvalue weighted by atomic mass is 9.74. The molecule has 3 atom stereocenters. The lowest BCUT2D eigenvalue weighted by Crippen LogP contribution is -2.49. The van der Waals surface area contributed by atoms with E-state index in [4.69, 9.17) is 4.74 Å². The average molecular weight is 256 g/mol. The minimum Gasteiger partial charge on any atom is -0.390 e. The van der Waals surface area contributed by atoms with E-state index in [9.17, 15) is 9.90 Å². The van der Waals surface area contributed by atoms with Crippen LogP contribution in [0.5, 0.6) is 0 Å². The zero-order valence-electron chi connectivity index (χ0n) is 12.5. The summed E-state index contributed by atoms with van der Waals surface area (Å²) in [5, 5.41) is 10.0. The lowest BCUT2D eigenvalue weighted by molar-refractivity contribution is -0.184. The SMILES string of the molecule is CC(=O)CC(C)(OC1CCCCC1O)C(C)(C)C. The zero-order chi connectivity index (χ0) is 14.0. The summed E-state index contributed by atoms with van der Waals surface area (Å²) in [6, 6.07) is 0. The van der Waals surface area contributed by atoms with Crippen molar-refractivity contribution in [3.8, 4) is 0 Å². The van der Waals surface area contributed by atoms with Gasteiger partial charge < -0.3 is 9.84 Å². The number of hydrogen-bond acceptors (Lipinski definition) is 3. The van der Waals surface area contributed by atoms with Crippen LogP contribution in [0, 0.1) is 5.41 Å². The third-order valence-corrected chi connectivity index (χ3v) is 4.25. The summed E-state index contributed by atoms with van der Waals surface area (Å²) in [7, 11) is 0. The van der Waals surface area contributed by atoms with Crippen LogP contribution in [-0.2, 0) is 9.53 Å². The molecule has 106 valence electrons. The van der Waals surface area contributed by atoms with Gasteiger partial charge in [0, 0.05) is 6.42 Å². The number of carbonyl (C=O) groups excluding carboxylic acids is 1. The Bertz CT molecular complexity index is 293. The fraction of sp³-hybridized carbons (Fsp3) is 0.933. The van der Waals surface area contributed by atoms with Gasteiger partial charge in [0.2, 0.25) is 0 Å². The van der Waals surface area contributed by atoms with Crippen molar-refractivity contribution in [3.05, 3.63) is 0 Å². The molecule has 0 aromatic rings. The number of carbonyl (C=O) groups is 1. The third kappa shape index (κ3) is 3.79. The molecule has 18 heavy (non-hydrogen) atoms. The maximum absolute atomic E-state index is 11.5. The van der Waals surface area contributed by atoms with Crippen LogP contribution in [-0.4, -0.2) is 28.7 Å². The van der Waals surface area contributed by atoms with E-state index in [2.05, 4.69) is 20.8 Å². The molecule has 1 aliphatic rings. The highest BCUT2D eigenvalue weighted by Crippen LogP contribution is 2.39. The van der Waals surface area contributed by atoms with Gasteiger partial charge in [-0.2, -0.15) is 0 Å².